The third-order valence-electron chi connectivity index (χ3n) is 3.46. The van der Waals surface area contributed by atoms with Gasteiger partial charge in [-0.05, 0) is 30.5 Å². The first-order chi connectivity index (χ1) is 9.49. The molecule has 0 aromatic carbocycles. The number of pyridine rings is 1. The van der Waals surface area contributed by atoms with Crippen LogP contribution in [0.5, 0.6) is 0 Å². The van der Waals surface area contributed by atoms with Crippen LogP contribution in [0.1, 0.15) is 24.1 Å². The molecule has 1 fully saturated rings. The maximum Gasteiger partial charge on any atom is 0.211 e. The Morgan fingerprint density at radius 1 is 1.50 bits per heavy atom. The van der Waals surface area contributed by atoms with E-state index < -0.39 is 10.0 Å². The van der Waals surface area contributed by atoms with Crippen molar-refractivity contribution >= 4 is 10.0 Å². The van der Waals surface area contributed by atoms with E-state index in [1.165, 1.54) is 10.6 Å². The lowest BCUT2D eigenvalue weighted by atomic mass is 10.1. The quantitative estimate of drug-likeness (QED) is 0.872. The number of hydrogen-bond donors (Lipinski definition) is 1. The Kier molecular flexibility index (Phi) is 4.70. The van der Waals surface area contributed by atoms with Gasteiger partial charge in [0, 0.05) is 31.9 Å². The second-order valence-electron chi connectivity index (χ2n) is 4.98. The van der Waals surface area contributed by atoms with Crippen molar-refractivity contribution in [2.45, 2.75) is 25.4 Å². The molecule has 0 saturated carbocycles. The molecular weight excluding hydrogens is 276 g/mol. The zero-order valence-electron chi connectivity index (χ0n) is 11.4. The minimum absolute atomic E-state index is 0.312. The lowest BCUT2D eigenvalue weighted by Crippen LogP contribution is -2.44. The van der Waals surface area contributed by atoms with E-state index in [0.29, 0.717) is 31.4 Å². The van der Waals surface area contributed by atoms with Gasteiger partial charge in [-0.15, -0.1) is 0 Å². The number of rotatable bonds is 4. The van der Waals surface area contributed by atoms with Gasteiger partial charge in [0.1, 0.15) is 11.8 Å². The van der Waals surface area contributed by atoms with Crippen LogP contribution in [0, 0.1) is 11.3 Å². The molecule has 1 aliphatic heterocycles. The van der Waals surface area contributed by atoms with Gasteiger partial charge < -0.3 is 5.32 Å². The summed E-state index contributed by atoms with van der Waals surface area (Å²) in [6.45, 7) is 1.80. The van der Waals surface area contributed by atoms with Crippen LogP contribution in [0.2, 0.25) is 0 Å². The normalized spacial score (nSPS) is 17.8. The maximum atomic E-state index is 11.4. The van der Waals surface area contributed by atoms with Crippen molar-refractivity contribution in [1.82, 2.24) is 14.6 Å². The Morgan fingerprint density at radius 3 is 2.80 bits per heavy atom. The van der Waals surface area contributed by atoms with E-state index in [1.54, 1.807) is 12.3 Å². The topological polar surface area (TPSA) is 86.1 Å². The molecule has 108 valence electrons. The smallest absolute Gasteiger partial charge is 0.211 e. The highest BCUT2D eigenvalue weighted by Crippen LogP contribution is 2.13. The Labute approximate surface area is 119 Å². The summed E-state index contributed by atoms with van der Waals surface area (Å²) >= 11 is 0. The molecule has 0 spiro atoms. The van der Waals surface area contributed by atoms with Crippen LogP contribution >= 0.6 is 0 Å². The van der Waals surface area contributed by atoms with Gasteiger partial charge in [-0.1, -0.05) is 0 Å². The first kappa shape index (κ1) is 14.9. The molecule has 0 radical (unpaired) electrons. The molecule has 0 bridgehead atoms. The van der Waals surface area contributed by atoms with E-state index in [9.17, 15) is 8.42 Å². The van der Waals surface area contributed by atoms with Gasteiger partial charge in [0.25, 0.3) is 0 Å². The van der Waals surface area contributed by atoms with Crippen LogP contribution in [0.4, 0.5) is 0 Å². The monoisotopic (exact) mass is 294 g/mol. The summed E-state index contributed by atoms with van der Waals surface area (Å²) in [5, 5.41) is 12.2. The predicted molar refractivity (Wildman–Crippen MR) is 75.2 cm³/mol. The lowest BCUT2D eigenvalue weighted by Gasteiger charge is -2.30. The minimum atomic E-state index is -3.06. The summed E-state index contributed by atoms with van der Waals surface area (Å²) in [5.74, 6) is 0. The van der Waals surface area contributed by atoms with Crippen LogP contribution in [0.15, 0.2) is 18.3 Å². The minimum Gasteiger partial charge on any atom is -0.310 e. The molecule has 0 atom stereocenters. The number of hydrogen-bond acceptors (Lipinski definition) is 5. The van der Waals surface area contributed by atoms with Gasteiger partial charge in [0.2, 0.25) is 10.0 Å². The summed E-state index contributed by atoms with van der Waals surface area (Å²) < 4.78 is 24.3. The van der Waals surface area contributed by atoms with E-state index in [0.717, 1.165) is 18.4 Å². The predicted octanol–water partition coefficient (Wildman–Crippen LogP) is 0.467. The molecule has 1 aromatic heterocycles. The van der Waals surface area contributed by atoms with E-state index in [2.05, 4.69) is 10.3 Å². The van der Waals surface area contributed by atoms with Gasteiger partial charge >= 0.3 is 0 Å². The second kappa shape index (κ2) is 6.31. The summed E-state index contributed by atoms with van der Waals surface area (Å²) in [7, 11) is -3.06. The molecule has 7 heteroatoms. The average molecular weight is 294 g/mol. The SMILES string of the molecule is CS(=O)(=O)N1CCC(NCc2ccnc(C#N)c2)CC1. The molecule has 2 rings (SSSR count). The van der Waals surface area contributed by atoms with Gasteiger partial charge in [0.15, 0.2) is 0 Å². The first-order valence-electron chi connectivity index (χ1n) is 6.52. The van der Waals surface area contributed by atoms with Crippen LogP contribution in [0.3, 0.4) is 0 Å². The molecule has 20 heavy (non-hydrogen) atoms. The Hall–Kier alpha value is -1.49. The summed E-state index contributed by atoms with van der Waals surface area (Å²) in [5.41, 5.74) is 1.43. The fraction of sp³-hybridized carbons (Fsp3) is 0.538. The highest BCUT2D eigenvalue weighted by atomic mass is 32.2. The molecular formula is C13H18N4O2S. The van der Waals surface area contributed by atoms with Gasteiger partial charge in [-0.3, -0.25) is 0 Å². The molecule has 1 saturated heterocycles. The standard InChI is InChI=1S/C13H18N4O2S/c1-20(18,19)17-6-3-12(4-7-17)16-10-11-2-5-15-13(8-11)9-14/h2,5,8,12,16H,3-4,6-7,10H2,1H3. The zero-order valence-corrected chi connectivity index (χ0v) is 12.2. The van der Waals surface area contributed by atoms with Crippen molar-refractivity contribution in [3.63, 3.8) is 0 Å². The van der Waals surface area contributed by atoms with Gasteiger partial charge in [-0.2, -0.15) is 5.26 Å². The van der Waals surface area contributed by atoms with E-state index in [1.807, 2.05) is 12.1 Å². The molecule has 1 aromatic rings. The van der Waals surface area contributed by atoms with Crippen molar-refractivity contribution in [1.29, 1.82) is 5.26 Å². The van der Waals surface area contributed by atoms with E-state index >= 15 is 0 Å². The van der Waals surface area contributed by atoms with E-state index in [4.69, 9.17) is 5.26 Å². The van der Waals surface area contributed by atoms with Crippen molar-refractivity contribution in [2.24, 2.45) is 0 Å². The Bertz CT molecular complexity index is 601. The number of nitriles is 1. The van der Waals surface area contributed by atoms with Crippen LogP contribution < -0.4 is 5.32 Å². The molecule has 2 heterocycles. The number of nitrogens with zero attached hydrogens (tertiary/aromatic N) is 3. The maximum absolute atomic E-state index is 11.4. The third-order valence-corrected chi connectivity index (χ3v) is 4.76. The summed E-state index contributed by atoms with van der Waals surface area (Å²) in [4.78, 5) is 3.93. The van der Waals surface area contributed by atoms with Gasteiger partial charge in [-0.25, -0.2) is 17.7 Å². The Morgan fingerprint density at radius 2 is 2.20 bits per heavy atom. The van der Waals surface area contributed by atoms with Crippen molar-refractivity contribution in [3.05, 3.63) is 29.6 Å². The number of piperidine rings is 1. The number of aromatic nitrogens is 1. The largest absolute Gasteiger partial charge is 0.310 e. The lowest BCUT2D eigenvalue weighted by molar-refractivity contribution is 0.290. The third kappa shape index (κ3) is 4.00. The molecule has 1 N–H and O–H groups in total. The fourth-order valence-corrected chi connectivity index (χ4v) is 3.17. The van der Waals surface area contributed by atoms with Crippen molar-refractivity contribution < 1.29 is 8.42 Å². The highest BCUT2D eigenvalue weighted by Gasteiger charge is 2.24. The molecule has 0 unspecified atom stereocenters. The number of nitrogens with one attached hydrogen (secondary N) is 1. The summed E-state index contributed by atoms with van der Waals surface area (Å²) in [6, 6.07) is 5.96. The van der Waals surface area contributed by atoms with E-state index in [-0.39, 0.29) is 0 Å². The van der Waals surface area contributed by atoms with Crippen molar-refractivity contribution in [3.8, 4) is 6.07 Å². The average Bonchev–Trinajstić information content (AvgIpc) is 2.45. The van der Waals surface area contributed by atoms with Crippen LogP contribution in [-0.2, 0) is 16.6 Å². The first-order valence-corrected chi connectivity index (χ1v) is 8.37. The van der Waals surface area contributed by atoms with Crippen LogP contribution in [0.25, 0.3) is 0 Å². The Balaban J connectivity index is 1.83. The van der Waals surface area contributed by atoms with Gasteiger partial charge in [0.05, 0.1) is 6.26 Å². The number of sulfonamides is 1. The molecule has 0 aliphatic carbocycles. The zero-order chi connectivity index (χ0) is 14.6. The fourth-order valence-electron chi connectivity index (χ4n) is 2.30. The summed E-state index contributed by atoms with van der Waals surface area (Å²) in [6.07, 6.45) is 4.50. The second-order valence-corrected chi connectivity index (χ2v) is 6.96. The highest BCUT2D eigenvalue weighted by molar-refractivity contribution is 7.88. The molecule has 0 amide bonds. The van der Waals surface area contributed by atoms with Crippen LogP contribution in [-0.4, -0.2) is 43.1 Å². The molecule has 6 nitrogen and oxygen atoms in total. The molecule has 1 aliphatic rings. The van der Waals surface area contributed by atoms with Crippen molar-refractivity contribution in [2.75, 3.05) is 19.3 Å².